The number of allylic oxidation sites excluding steroid dienone is 2. The number of benzene rings is 2. The van der Waals surface area contributed by atoms with Crippen LogP contribution in [0.5, 0.6) is 5.75 Å². The molecular formula is C30H31IN6O4. The molecule has 11 heteroatoms. The summed E-state index contributed by atoms with van der Waals surface area (Å²) in [5.74, 6) is -0.111. The molecule has 4 aromatic rings. The Balaban J connectivity index is 1.37. The Morgan fingerprint density at radius 3 is 2.61 bits per heavy atom. The predicted molar refractivity (Wildman–Crippen MR) is 165 cm³/mol. The van der Waals surface area contributed by atoms with Crippen LogP contribution in [0.15, 0.2) is 67.0 Å². The lowest BCUT2D eigenvalue weighted by molar-refractivity contribution is -0.147. The second-order valence-corrected chi connectivity index (χ2v) is 12.0. The van der Waals surface area contributed by atoms with Gasteiger partial charge in [0.15, 0.2) is 5.65 Å². The van der Waals surface area contributed by atoms with Gasteiger partial charge >= 0.3 is 5.97 Å². The van der Waals surface area contributed by atoms with Gasteiger partial charge in [-0.05, 0) is 43.9 Å². The number of halogens is 1. The number of carbonyl (C=O) groups is 2. The molecule has 1 aliphatic carbocycles. The molecule has 1 unspecified atom stereocenters. The number of anilines is 1. The number of fused-ring (bicyclic) bond motifs is 1. The quantitative estimate of drug-likeness (QED) is 0.128. The molecule has 0 fully saturated rings. The van der Waals surface area contributed by atoms with Crippen molar-refractivity contribution < 1.29 is 19.4 Å². The van der Waals surface area contributed by atoms with E-state index in [1.54, 1.807) is 32.0 Å². The van der Waals surface area contributed by atoms with Crippen LogP contribution in [-0.2, 0) is 11.3 Å². The molecule has 4 N–H and O–H groups in total. The minimum Gasteiger partial charge on any atom is -0.496 e. The van der Waals surface area contributed by atoms with Crippen LogP contribution >= 0.6 is 22.6 Å². The third-order valence-electron chi connectivity index (χ3n) is 7.57. The first-order valence-corrected chi connectivity index (χ1v) is 14.4. The van der Waals surface area contributed by atoms with Crippen LogP contribution in [0.2, 0.25) is 0 Å². The highest BCUT2D eigenvalue weighted by Gasteiger charge is 2.41. The van der Waals surface area contributed by atoms with Crippen molar-refractivity contribution in [3.63, 3.8) is 0 Å². The molecule has 2 aromatic carbocycles. The van der Waals surface area contributed by atoms with Crippen LogP contribution in [0.1, 0.15) is 42.2 Å². The van der Waals surface area contributed by atoms with Crippen molar-refractivity contribution in [2.75, 3.05) is 12.8 Å². The number of nitrogens with one attached hydrogen (secondary N) is 1. The molecule has 1 amide bonds. The topological polar surface area (TPSA) is 145 Å². The van der Waals surface area contributed by atoms with Crippen LogP contribution in [0.25, 0.3) is 22.3 Å². The Labute approximate surface area is 251 Å². The van der Waals surface area contributed by atoms with Crippen LogP contribution in [-0.4, -0.2) is 47.8 Å². The number of aliphatic carboxylic acids is 1. The number of alkyl halides is 1. The number of carbonyl (C=O) groups excluding carboxylic acids is 1. The number of carboxylic acids is 1. The van der Waals surface area contributed by atoms with Gasteiger partial charge in [-0.1, -0.05) is 71.1 Å². The zero-order chi connectivity index (χ0) is 29.3. The maximum Gasteiger partial charge on any atom is 0.310 e. The molecule has 0 spiro atoms. The van der Waals surface area contributed by atoms with Gasteiger partial charge in [-0.2, -0.15) is 5.10 Å². The first kappa shape index (κ1) is 28.5. The Morgan fingerprint density at radius 2 is 1.90 bits per heavy atom. The second-order valence-electron chi connectivity index (χ2n) is 10.6. The minimum atomic E-state index is -0.872. The molecule has 1 aliphatic rings. The number of nitrogen functional groups attached to an aromatic ring is 1. The zero-order valence-electron chi connectivity index (χ0n) is 22.9. The smallest absolute Gasteiger partial charge is 0.310 e. The van der Waals surface area contributed by atoms with Gasteiger partial charge in [-0.3, -0.25) is 9.59 Å². The molecule has 2 aromatic heterocycles. The zero-order valence-corrected chi connectivity index (χ0v) is 25.1. The van der Waals surface area contributed by atoms with E-state index in [2.05, 4.69) is 50.0 Å². The Bertz CT molecular complexity index is 1630. The Morgan fingerprint density at radius 1 is 1.17 bits per heavy atom. The van der Waals surface area contributed by atoms with Gasteiger partial charge in [0.1, 0.15) is 23.6 Å². The van der Waals surface area contributed by atoms with Crippen LogP contribution in [0, 0.1) is 11.3 Å². The molecular weight excluding hydrogens is 635 g/mol. The summed E-state index contributed by atoms with van der Waals surface area (Å²) in [6, 6.07) is 14.7. The van der Waals surface area contributed by atoms with E-state index >= 15 is 0 Å². The van der Waals surface area contributed by atoms with Crippen LogP contribution < -0.4 is 15.8 Å². The van der Waals surface area contributed by atoms with E-state index in [0.29, 0.717) is 46.8 Å². The van der Waals surface area contributed by atoms with Crippen LogP contribution in [0.3, 0.4) is 0 Å². The highest BCUT2D eigenvalue weighted by atomic mass is 127. The Hall–Kier alpha value is -4.00. The predicted octanol–water partition coefficient (Wildman–Crippen LogP) is 5.05. The third-order valence-corrected chi connectivity index (χ3v) is 10.1. The molecule has 41 heavy (non-hydrogen) atoms. The number of aromatic nitrogens is 4. The third kappa shape index (κ3) is 5.50. The van der Waals surface area contributed by atoms with Gasteiger partial charge in [0, 0.05) is 16.0 Å². The van der Waals surface area contributed by atoms with Crippen molar-refractivity contribution >= 4 is 51.3 Å². The van der Waals surface area contributed by atoms with Crippen molar-refractivity contribution in [1.29, 1.82) is 0 Å². The molecule has 0 aliphatic heterocycles. The number of ether oxygens (including phenoxy) is 1. The largest absolute Gasteiger partial charge is 0.496 e. The van der Waals surface area contributed by atoms with E-state index in [9.17, 15) is 14.7 Å². The van der Waals surface area contributed by atoms with Gasteiger partial charge in [-0.25, -0.2) is 14.6 Å². The number of amides is 1. The van der Waals surface area contributed by atoms with Gasteiger partial charge in [-0.15, -0.1) is 0 Å². The summed E-state index contributed by atoms with van der Waals surface area (Å²) in [4.78, 5) is 33.2. The molecule has 0 radical (unpaired) electrons. The standard InChI is InChI=1S/C30H31IN6O4/c1-30(2,29(39)40)25(31)19-12-13-20(14-19)37-27-23(26(32)34-16-35-27)24(36-37)18-10-8-17(9-11-18)15-33-28(38)21-6-4-5-7-22(21)41-3/h4-13,16,19-20,25H,14-15H2,1-3H3,(H,33,38)(H,39,40)(H2,32,34,35)/t19-,20+,25?/m0/s1. The molecule has 212 valence electrons. The van der Waals surface area contributed by atoms with Crippen molar-refractivity contribution in [3.8, 4) is 17.0 Å². The SMILES string of the molecule is COc1ccccc1C(=O)NCc1ccc(-c2nn([C@@H]3C=C[C@H](C(I)C(C)(C)C(=O)O)C3)c3ncnc(N)c23)cc1. The highest BCUT2D eigenvalue weighted by Crippen LogP contribution is 2.42. The maximum absolute atomic E-state index is 12.7. The van der Waals surface area contributed by atoms with Gasteiger partial charge in [0.05, 0.1) is 29.5 Å². The summed E-state index contributed by atoms with van der Waals surface area (Å²) >= 11 is 2.25. The number of rotatable bonds is 9. The van der Waals surface area contributed by atoms with Gasteiger partial charge in [0.2, 0.25) is 0 Å². The van der Waals surface area contributed by atoms with Crippen molar-refractivity contribution in [2.45, 2.75) is 36.8 Å². The number of methoxy groups -OCH3 is 1. The average molecular weight is 667 g/mol. The fourth-order valence-corrected chi connectivity index (χ4v) is 5.88. The Kier molecular flexibility index (Phi) is 7.98. The molecule has 5 rings (SSSR count). The number of hydrogen-bond donors (Lipinski definition) is 3. The van der Waals surface area contributed by atoms with Crippen molar-refractivity contribution in [2.24, 2.45) is 11.3 Å². The summed E-state index contributed by atoms with van der Waals surface area (Å²) in [5, 5.41) is 18.2. The van der Waals surface area contributed by atoms with Crippen LogP contribution in [0.4, 0.5) is 5.82 Å². The lowest BCUT2D eigenvalue weighted by Crippen LogP contribution is -2.37. The second kappa shape index (κ2) is 11.5. The van der Waals surface area contributed by atoms with Crippen molar-refractivity contribution in [3.05, 3.63) is 78.1 Å². The summed E-state index contributed by atoms with van der Waals surface area (Å²) in [5.41, 5.74) is 8.96. The summed E-state index contributed by atoms with van der Waals surface area (Å²) in [6.07, 6.45) is 6.28. The monoisotopic (exact) mass is 666 g/mol. The van der Waals surface area contributed by atoms with Crippen molar-refractivity contribution in [1.82, 2.24) is 25.1 Å². The fraction of sp³-hybridized carbons (Fsp3) is 0.300. The molecule has 2 heterocycles. The lowest BCUT2D eigenvalue weighted by atomic mass is 9.82. The number of carboxylic acid groups (broad SMARTS) is 1. The highest BCUT2D eigenvalue weighted by molar-refractivity contribution is 14.1. The average Bonchev–Trinajstić information content (AvgIpc) is 3.62. The van der Waals surface area contributed by atoms with Gasteiger partial charge < -0.3 is 20.9 Å². The number of hydrogen-bond acceptors (Lipinski definition) is 7. The lowest BCUT2D eigenvalue weighted by Gasteiger charge is -2.30. The fourth-order valence-electron chi connectivity index (χ4n) is 5.08. The summed E-state index contributed by atoms with van der Waals surface area (Å²) in [7, 11) is 1.54. The van der Waals surface area contributed by atoms with E-state index in [4.69, 9.17) is 15.6 Å². The molecule has 10 nitrogen and oxygen atoms in total. The summed E-state index contributed by atoms with van der Waals surface area (Å²) in [6.45, 7) is 3.86. The van der Waals surface area contributed by atoms with E-state index in [-0.39, 0.29) is 21.8 Å². The molecule has 0 saturated carbocycles. The summed E-state index contributed by atoms with van der Waals surface area (Å²) < 4.78 is 7.05. The number of nitrogens with two attached hydrogens (primary N) is 1. The molecule has 0 saturated heterocycles. The minimum absolute atomic E-state index is 0.0685. The number of nitrogens with zero attached hydrogens (tertiary/aromatic N) is 4. The normalized spacial score (nSPS) is 17.5. The van der Waals surface area contributed by atoms with E-state index in [1.807, 2.05) is 35.0 Å². The van der Waals surface area contributed by atoms with E-state index in [1.165, 1.54) is 13.4 Å². The molecule has 0 bridgehead atoms. The van der Waals surface area contributed by atoms with Gasteiger partial charge in [0.25, 0.3) is 5.91 Å². The molecule has 3 atom stereocenters. The van der Waals surface area contributed by atoms with E-state index in [0.717, 1.165) is 11.1 Å². The first-order chi connectivity index (χ1) is 19.6. The maximum atomic E-state index is 12.7. The van der Waals surface area contributed by atoms with E-state index < -0.39 is 11.4 Å². The number of para-hydroxylation sites is 1. The first-order valence-electron chi connectivity index (χ1n) is 13.2.